The third-order valence-corrected chi connectivity index (χ3v) is 2.78. The first-order valence-corrected chi connectivity index (χ1v) is 5.82. The molecule has 0 unspecified atom stereocenters. The molecule has 1 amide bonds. The van der Waals surface area contributed by atoms with Gasteiger partial charge in [0.05, 0.1) is 12.7 Å². The summed E-state index contributed by atoms with van der Waals surface area (Å²) in [5, 5.41) is 2.64. The van der Waals surface area contributed by atoms with E-state index < -0.39 is 11.7 Å². The number of benzene rings is 2. The van der Waals surface area contributed by atoms with Gasteiger partial charge in [-0.25, -0.2) is 4.39 Å². The number of ether oxygens (including phenoxy) is 1. The highest BCUT2D eigenvalue weighted by Gasteiger charge is 2.13. The van der Waals surface area contributed by atoms with E-state index in [0.29, 0.717) is 17.0 Å². The zero-order chi connectivity index (χ0) is 13.8. The number of aryl methyl sites for hydroxylation is 1. The maximum atomic E-state index is 13.8. The Bertz CT molecular complexity index is 594. The van der Waals surface area contributed by atoms with Crippen molar-refractivity contribution in [2.45, 2.75) is 6.92 Å². The van der Waals surface area contributed by atoms with Crippen LogP contribution in [0.3, 0.4) is 0 Å². The molecule has 0 heterocycles. The summed E-state index contributed by atoms with van der Waals surface area (Å²) in [7, 11) is 1.57. The van der Waals surface area contributed by atoms with Gasteiger partial charge in [-0.15, -0.1) is 0 Å². The molecule has 0 saturated carbocycles. The lowest BCUT2D eigenvalue weighted by atomic mass is 10.1. The van der Waals surface area contributed by atoms with Crippen molar-refractivity contribution in [2.75, 3.05) is 12.4 Å². The first-order chi connectivity index (χ1) is 9.11. The smallest absolute Gasteiger partial charge is 0.258 e. The predicted octanol–water partition coefficient (Wildman–Crippen LogP) is 3.40. The molecule has 1 N–H and O–H groups in total. The zero-order valence-corrected chi connectivity index (χ0v) is 10.7. The molecule has 0 radical (unpaired) electrons. The highest BCUT2D eigenvalue weighted by Crippen LogP contribution is 2.17. The van der Waals surface area contributed by atoms with Crippen LogP contribution in [0.4, 0.5) is 10.1 Å². The molecular formula is C15H14FNO2. The highest BCUT2D eigenvalue weighted by atomic mass is 19.1. The lowest BCUT2D eigenvalue weighted by molar-refractivity contribution is 0.102. The van der Waals surface area contributed by atoms with Crippen LogP contribution in [-0.2, 0) is 0 Å². The molecule has 0 atom stereocenters. The minimum atomic E-state index is -0.492. The summed E-state index contributed by atoms with van der Waals surface area (Å²) in [6.07, 6.45) is 0. The number of hydrogen-bond donors (Lipinski definition) is 1. The first-order valence-electron chi connectivity index (χ1n) is 5.82. The van der Waals surface area contributed by atoms with E-state index in [-0.39, 0.29) is 5.56 Å². The average molecular weight is 259 g/mol. The second-order valence-electron chi connectivity index (χ2n) is 4.12. The molecule has 3 nitrogen and oxygen atoms in total. The Labute approximate surface area is 111 Å². The van der Waals surface area contributed by atoms with Crippen LogP contribution < -0.4 is 10.1 Å². The van der Waals surface area contributed by atoms with Crippen molar-refractivity contribution in [1.29, 1.82) is 0 Å². The van der Waals surface area contributed by atoms with E-state index in [9.17, 15) is 9.18 Å². The van der Waals surface area contributed by atoms with Gasteiger partial charge in [-0.1, -0.05) is 12.1 Å². The number of rotatable bonds is 3. The second-order valence-corrected chi connectivity index (χ2v) is 4.12. The molecule has 0 aromatic heterocycles. The van der Waals surface area contributed by atoms with Gasteiger partial charge in [-0.2, -0.15) is 0 Å². The van der Waals surface area contributed by atoms with Crippen LogP contribution in [0.25, 0.3) is 0 Å². The number of hydrogen-bond acceptors (Lipinski definition) is 2. The Morgan fingerprint density at radius 3 is 2.47 bits per heavy atom. The van der Waals surface area contributed by atoms with Crippen LogP contribution in [0.2, 0.25) is 0 Å². The highest BCUT2D eigenvalue weighted by molar-refractivity contribution is 6.04. The normalized spacial score (nSPS) is 10.1. The molecule has 2 aromatic carbocycles. The SMILES string of the molecule is COc1ccc(NC(=O)c2cccc(C)c2F)cc1. The van der Waals surface area contributed by atoms with Gasteiger partial charge in [-0.05, 0) is 42.8 Å². The van der Waals surface area contributed by atoms with E-state index in [1.807, 2.05) is 0 Å². The summed E-state index contributed by atoms with van der Waals surface area (Å²) in [6, 6.07) is 11.6. The summed E-state index contributed by atoms with van der Waals surface area (Å²) >= 11 is 0. The van der Waals surface area contributed by atoms with Crippen molar-refractivity contribution in [3.63, 3.8) is 0 Å². The van der Waals surface area contributed by atoms with Crippen LogP contribution in [-0.4, -0.2) is 13.0 Å². The number of halogens is 1. The van der Waals surface area contributed by atoms with Crippen LogP contribution in [0, 0.1) is 12.7 Å². The van der Waals surface area contributed by atoms with Crippen molar-refractivity contribution >= 4 is 11.6 Å². The van der Waals surface area contributed by atoms with Gasteiger partial charge in [0.25, 0.3) is 5.91 Å². The van der Waals surface area contributed by atoms with Crippen LogP contribution in [0.1, 0.15) is 15.9 Å². The molecule has 0 aliphatic rings. The van der Waals surface area contributed by atoms with E-state index in [2.05, 4.69) is 5.32 Å². The number of carbonyl (C=O) groups is 1. The Hall–Kier alpha value is -2.36. The van der Waals surface area contributed by atoms with Crippen molar-refractivity contribution in [2.24, 2.45) is 0 Å². The fraction of sp³-hybridized carbons (Fsp3) is 0.133. The fourth-order valence-corrected chi connectivity index (χ4v) is 1.70. The van der Waals surface area contributed by atoms with E-state index >= 15 is 0 Å². The van der Waals surface area contributed by atoms with Crippen molar-refractivity contribution in [3.8, 4) is 5.75 Å². The number of nitrogens with one attached hydrogen (secondary N) is 1. The minimum Gasteiger partial charge on any atom is -0.497 e. The van der Waals surface area contributed by atoms with Gasteiger partial charge < -0.3 is 10.1 Å². The molecule has 0 saturated heterocycles. The van der Waals surface area contributed by atoms with Crippen LogP contribution in [0.5, 0.6) is 5.75 Å². The molecule has 0 aliphatic carbocycles. The topological polar surface area (TPSA) is 38.3 Å². The largest absolute Gasteiger partial charge is 0.497 e. The molecule has 2 aromatic rings. The van der Waals surface area contributed by atoms with E-state index in [0.717, 1.165) is 0 Å². The monoisotopic (exact) mass is 259 g/mol. The van der Waals surface area contributed by atoms with Crippen LogP contribution >= 0.6 is 0 Å². The summed E-state index contributed by atoms with van der Waals surface area (Å²) in [6.45, 7) is 1.62. The zero-order valence-electron chi connectivity index (χ0n) is 10.7. The van der Waals surface area contributed by atoms with Gasteiger partial charge >= 0.3 is 0 Å². The number of amides is 1. The molecule has 19 heavy (non-hydrogen) atoms. The molecule has 0 bridgehead atoms. The van der Waals surface area contributed by atoms with E-state index in [4.69, 9.17) is 4.74 Å². The van der Waals surface area contributed by atoms with Crippen molar-refractivity contribution < 1.29 is 13.9 Å². The van der Waals surface area contributed by atoms with Gasteiger partial charge in [-0.3, -0.25) is 4.79 Å². The molecule has 4 heteroatoms. The summed E-state index contributed by atoms with van der Waals surface area (Å²) in [5.41, 5.74) is 1.07. The molecule has 0 aliphatic heterocycles. The fourth-order valence-electron chi connectivity index (χ4n) is 1.70. The summed E-state index contributed by atoms with van der Waals surface area (Å²) in [5.74, 6) is -0.264. The Kier molecular flexibility index (Phi) is 3.80. The molecule has 2 rings (SSSR count). The third kappa shape index (κ3) is 2.91. The van der Waals surface area contributed by atoms with Crippen molar-refractivity contribution in [1.82, 2.24) is 0 Å². The standard InChI is InChI=1S/C15H14FNO2/c1-10-4-3-5-13(14(10)16)15(18)17-11-6-8-12(19-2)9-7-11/h3-9H,1-2H3,(H,17,18). The van der Waals surface area contributed by atoms with Crippen LogP contribution in [0.15, 0.2) is 42.5 Å². The molecule has 0 spiro atoms. The third-order valence-electron chi connectivity index (χ3n) is 2.78. The van der Waals surface area contributed by atoms with Gasteiger partial charge in [0.15, 0.2) is 0 Å². The first kappa shape index (κ1) is 13.1. The number of anilines is 1. The summed E-state index contributed by atoms with van der Waals surface area (Å²) < 4.78 is 18.8. The predicted molar refractivity (Wildman–Crippen MR) is 72.1 cm³/mol. The molecule has 98 valence electrons. The van der Waals surface area contributed by atoms with Gasteiger partial charge in [0, 0.05) is 5.69 Å². The maximum Gasteiger partial charge on any atom is 0.258 e. The second kappa shape index (κ2) is 5.52. The lowest BCUT2D eigenvalue weighted by Crippen LogP contribution is -2.14. The average Bonchev–Trinajstić information content (AvgIpc) is 2.42. The minimum absolute atomic E-state index is 0.0378. The number of carbonyl (C=O) groups excluding carboxylic acids is 1. The Morgan fingerprint density at radius 1 is 1.16 bits per heavy atom. The molecular weight excluding hydrogens is 245 g/mol. The van der Waals surface area contributed by atoms with Crippen molar-refractivity contribution in [3.05, 3.63) is 59.4 Å². The Morgan fingerprint density at radius 2 is 1.84 bits per heavy atom. The van der Waals surface area contributed by atoms with E-state index in [1.165, 1.54) is 6.07 Å². The summed E-state index contributed by atoms with van der Waals surface area (Å²) in [4.78, 5) is 12.0. The van der Waals surface area contributed by atoms with Gasteiger partial charge in [0.2, 0.25) is 0 Å². The maximum absolute atomic E-state index is 13.8. The Balaban J connectivity index is 2.18. The molecule has 0 fully saturated rings. The van der Waals surface area contributed by atoms with E-state index in [1.54, 1.807) is 50.4 Å². The van der Waals surface area contributed by atoms with Gasteiger partial charge in [0.1, 0.15) is 11.6 Å². The lowest BCUT2D eigenvalue weighted by Gasteiger charge is -2.08. The quantitative estimate of drug-likeness (QED) is 0.917. The number of methoxy groups -OCH3 is 1.